The average molecular weight is 503 g/mol. The van der Waals surface area contributed by atoms with Gasteiger partial charge < -0.3 is 14.2 Å². The highest BCUT2D eigenvalue weighted by Gasteiger charge is 2.45. The van der Waals surface area contributed by atoms with Crippen molar-refractivity contribution in [3.05, 3.63) is 27.3 Å². The summed E-state index contributed by atoms with van der Waals surface area (Å²) in [6, 6.07) is 5.23. The zero-order valence-electron chi connectivity index (χ0n) is 14.5. The van der Waals surface area contributed by atoms with Crippen LogP contribution in [0, 0.1) is 3.57 Å². The van der Waals surface area contributed by atoms with E-state index in [9.17, 15) is 13.6 Å². The maximum atomic E-state index is 13.5. The number of esters is 1. The van der Waals surface area contributed by atoms with Crippen molar-refractivity contribution in [1.82, 2.24) is 0 Å². The van der Waals surface area contributed by atoms with Crippen LogP contribution in [-0.4, -0.2) is 36.8 Å². The van der Waals surface area contributed by atoms with Gasteiger partial charge in [-0.15, -0.1) is 0 Å². The molecule has 0 N–H and O–H groups in total. The van der Waals surface area contributed by atoms with E-state index in [1.807, 2.05) is 13.0 Å². The lowest BCUT2D eigenvalue weighted by atomic mass is 9.81. The van der Waals surface area contributed by atoms with Crippen LogP contribution in [0.4, 0.5) is 8.78 Å². The van der Waals surface area contributed by atoms with Crippen LogP contribution in [0.15, 0.2) is 18.2 Å². The molecular formula is C18H22ClF2IO4. The highest BCUT2D eigenvalue weighted by Crippen LogP contribution is 2.42. The van der Waals surface area contributed by atoms with E-state index in [1.165, 1.54) is 0 Å². The predicted molar refractivity (Wildman–Crippen MR) is 103 cm³/mol. The second-order valence-electron chi connectivity index (χ2n) is 6.29. The van der Waals surface area contributed by atoms with Crippen LogP contribution in [0.3, 0.4) is 0 Å². The monoisotopic (exact) mass is 502 g/mol. The molecule has 1 aromatic carbocycles. The van der Waals surface area contributed by atoms with Gasteiger partial charge in [0.15, 0.2) is 0 Å². The molecule has 0 unspecified atom stereocenters. The highest BCUT2D eigenvalue weighted by molar-refractivity contribution is 14.1. The molecular weight excluding hydrogens is 481 g/mol. The van der Waals surface area contributed by atoms with Gasteiger partial charge in [0.1, 0.15) is 29.6 Å². The number of rotatable bonds is 8. The maximum absolute atomic E-state index is 13.5. The quantitative estimate of drug-likeness (QED) is 0.207. The Hall–Kier alpha value is -0.670. The summed E-state index contributed by atoms with van der Waals surface area (Å²) in [5.41, 5.74) is -0.563. The largest absolute Gasteiger partial charge is 0.490 e. The van der Waals surface area contributed by atoms with Gasteiger partial charge in [0, 0.05) is 16.4 Å². The summed E-state index contributed by atoms with van der Waals surface area (Å²) in [6.07, 6.45) is 0.287. The van der Waals surface area contributed by atoms with Gasteiger partial charge in [0.25, 0.3) is 0 Å². The minimum Gasteiger partial charge on any atom is -0.490 e. The van der Waals surface area contributed by atoms with Gasteiger partial charge in [0.05, 0.1) is 6.61 Å². The van der Waals surface area contributed by atoms with Crippen LogP contribution in [0.25, 0.3) is 0 Å². The molecule has 0 bridgehead atoms. The van der Waals surface area contributed by atoms with Crippen molar-refractivity contribution in [2.75, 3.05) is 19.3 Å². The fourth-order valence-corrected chi connectivity index (χ4v) is 3.50. The lowest BCUT2D eigenvalue weighted by Gasteiger charge is -2.39. The molecule has 26 heavy (non-hydrogen) atoms. The van der Waals surface area contributed by atoms with Crippen molar-refractivity contribution in [3.63, 3.8) is 0 Å². The number of carbonyl (C=O) groups excluding carboxylic acids is 1. The van der Waals surface area contributed by atoms with E-state index in [1.54, 1.807) is 12.1 Å². The van der Waals surface area contributed by atoms with Gasteiger partial charge in [0.2, 0.25) is 5.92 Å². The summed E-state index contributed by atoms with van der Waals surface area (Å²) in [5.74, 6) is -2.85. The second-order valence-corrected chi connectivity index (χ2v) is 7.75. The Kier molecular flexibility index (Phi) is 7.90. The molecule has 1 aliphatic rings. The molecule has 0 atom stereocenters. The molecule has 1 saturated carbocycles. The van der Waals surface area contributed by atoms with Crippen LogP contribution in [0.5, 0.6) is 5.75 Å². The number of carbonyl (C=O) groups is 1. The highest BCUT2D eigenvalue weighted by atomic mass is 127. The number of hydrogen-bond acceptors (Lipinski definition) is 4. The molecule has 2 rings (SSSR count). The number of ether oxygens (including phenoxy) is 3. The smallest absolute Gasteiger partial charge is 0.342 e. The molecule has 146 valence electrons. The third kappa shape index (κ3) is 5.92. The summed E-state index contributed by atoms with van der Waals surface area (Å²) < 4.78 is 44.1. The molecule has 1 fully saturated rings. The predicted octanol–water partition coefficient (Wildman–Crippen LogP) is 5.40. The van der Waals surface area contributed by atoms with Crippen molar-refractivity contribution in [2.45, 2.75) is 50.6 Å². The Morgan fingerprint density at radius 2 is 1.92 bits per heavy atom. The van der Waals surface area contributed by atoms with E-state index in [2.05, 4.69) is 22.6 Å². The summed E-state index contributed by atoms with van der Waals surface area (Å²) in [6.45, 7) is 2.38. The first-order valence-electron chi connectivity index (χ1n) is 8.48. The molecule has 0 radical (unpaired) electrons. The third-order valence-corrected chi connectivity index (χ3v) is 5.40. The van der Waals surface area contributed by atoms with Gasteiger partial charge >= 0.3 is 5.97 Å². The normalized spacial score (nSPS) is 18.3. The lowest BCUT2D eigenvalue weighted by molar-refractivity contribution is -0.111. The van der Waals surface area contributed by atoms with E-state index in [0.29, 0.717) is 12.2 Å². The zero-order valence-corrected chi connectivity index (χ0v) is 17.4. The summed E-state index contributed by atoms with van der Waals surface area (Å²) in [5, 5.41) is 0. The third-order valence-electron chi connectivity index (χ3n) is 4.57. The van der Waals surface area contributed by atoms with E-state index in [0.717, 1.165) is 3.57 Å². The lowest BCUT2D eigenvalue weighted by Crippen LogP contribution is -2.42. The number of halogens is 4. The van der Waals surface area contributed by atoms with Crippen molar-refractivity contribution < 1.29 is 27.8 Å². The maximum Gasteiger partial charge on any atom is 0.342 e. The van der Waals surface area contributed by atoms with E-state index in [-0.39, 0.29) is 50.5 Å². The van der Waals surface area contributed by atoms with E-state index >= 15 is 0 Å². The Morgan fingerprint density at radius 3 is 2.54 bits per heavy atom. The molecule has 1 aliphatic carbocycles. The fraction of sp³-hybridized carbons (Fsp3) is 0.611. The average Bonchev–Trinajstić information content (AvgIpc) is 2.62. The second kappa shape index (κ2) is 9.50. The molecule has 4 nitrogen and oxygen atoms in total. The Morgan fingerprint density at radius 1 is 1.23 bits per heavy atom. The first-order chi connectivity index (χ1) is 12.3. The molecule has 0 spiro atoms. The number of hydrogen-bond donors (Lipinski definition) is 0. The first kappa shape index (κ1) is 21.6. The Balaban J connectivity index is 2.11. The number of alkyl halides is 3. The van der Waals surface area contributed by atoms with Gasteiger partial charge in [-0.25, -0.2) is 13.6 Å². The molecule has 0 heterocycles. The SMILES string of the molecule is CCC1(OC(=O)c2cc(I)ccc2OCCOCCl)CCC(F)(F)CC1. The molecule has 0 amide bonds. The first-order valence-corrected chi connectivity index (χ1v) is 10.1. The summed E-state index contributed by atoms with van der Waals surface area (Å²) in [4.78, 5) is 12.8. The minimum absolute atomic E-state index is 0.0641. The van der Waals surface area contributed by atoms with Gasteiger partial charge in [-0.05, 0) is 60.1 Å². The van der Waals surface area contributed by atoms with Gasteiger partial charge in [-0.2, -0.15) is 0 Å². The van der Waals surface area contributed by atoms with E-state index < -0.39 is 17.5 Å². The van der Waals surface area contributed by atoms with Gasteiger partial charge in [-0.1, -0.05) is 18.5 Å². The van der Waals surface area contributed by atoms with Crippen LogP contribution < -0.4 is 4.74 Å². The van der Waals surface area contributed by atoms with Crippen molar-refractivity contribution >= 4 is 40.2 Å². The molecule has 8 heteroatoms. The van der Waals surface area contributed by atoms with Crippen molar-refractivity contribution in [3.8, 4) is 5.75 Å². The standard InChI is InChI=1S/C18H22ClF2IO4/c1-2-17(5-7-18(20,21)8-6-17)26-16(23)14-11-13(22)3-4-15(14)25-10-9-24-12-19/h3-4,11H,2,5-10,12H2,1H3. The van der Waals surface area contributed by atoms with Crippen LogP contribution in [0.1, 0.15) is 49.4 Å². The summed E-state index contributed by atoms with van der Waals surface area (Å²) >= 11 is 7.53. The minimum atomic E-state index is -2.68. The van der Waals surface area contributed by atoms with Crippen molar-refractivity contribution in [2.24, 2.45) is 0 Å². The molecule has 0 aromatic heterocycles. The Labute approximate surface area is 170 Å². The summed E-state index contributed by atoms with van der Waals surface area (Å²) in [7, 11) is 0. The van der Waals surface area contributed by atoms with Crippen molar-refractivity contribution in [1.29, 1.82) is 0 Å². The van der Waals surface area contributed by atoms with Crippen LogP contribution in [0.2, 0.25) is 0 Å². The van der Waals surface area contributed by atoms with E-state index in [4.69, 9.17) is 25.8 Å². The fourth-order valence-electron chi connectivity index (χ4n) is 2.90. The Bertz CT molecular complexity index is 617. The molecule has 1 aromatic rings. The topological polar surface area (TPSA) is 44.8 Å². The van der Waals surface area contributed by atoms with Gasteiger partial charge in [-0.3, -0.25) is 0 Å². The number of benzene rings is 1. The van der Waals surface area contributed by atoms with Crippen LogP contribution >= 0.6 is 34.2 Å². The molecule has 0 saturated heterocycles. The zero-order chi connectivity index (χ0) is 19.2. The molecule has 0 aliphatic heterocycles. The van der Waals surface area contributed by atoms with Crippen LogP contribution in [-0.2, 0) is 9.47 Å².